The van der Waals surface area contributed by atoms with E-state index in [0.29, 0.717) is 11.9 Å². The van der Waals surface area contributed by atoms with Crippen molar-refractivity contribution >= 4 is 0 Å². The molecule has 4 nitrogen and oxygen atoms in total. The lowest BCUT2D eigenvalue weighted by Crippen LogP contribution is -2.43. The highest BCUT2D eigenvalue weighted by Crippen LogP contribution is 2.22. The number of aryl methyl sites for hydroxylation is 1. The summed E-state index contributed by atoms with van der Waals surface area (Å²) in [6.07, 6.45) is 3.64. The molecule has 1 aromatic rings. The van der Waals surface area contributed by atoms with Crippen molar-refractivity contribution in [2.75, 3.05) is 0 Å². The van der Waals surface area contributed by atoms with Crippen LogP contribution in [0.2, 0.25) is 0 Å². The van der Waals surface area contributed by atoms with Gasteiger partial charge in [0.2, 0.25) is 5.88 Å². The topological polar surface area (TPSA) is 61.0 Å². The van der Waals surface area contributed by atoms with Crippen molar-refractivity contribution < 1.29 is 4.74 Å². The zero-order chi connectivity index (χ0) is 9.26. The van der Waals surface area contributed by atoms with Crippen LogP contribution in [0.4, 0.5) is 0 Å². The van der Waals surface area contributed by atoms with Gasteiger partial charge in [0.25, 0.3) is 0 Å². The van der Waals surface area contributed by atoms with Gasteiger partial charge >= 0.3 is 0 Å². The van der Waals surface area contributed by atoms with Gasteiger partial charge in [0.05, 0.1) is 0 Å². The lowest BCUT2D eigenvalue weighted by molar-refractivity contribution is 0.0956. The molecule has 0 unspecified atom stereocenters. The van der Waals surface area contributed by atoms with Crippen LogP contribution in [0.1, 0.15) is 18.5 Å². The summed E-state index contributed by atoms with van der Waals surface area (Å²) >= 11 is 0. The quantitative estimate of drug-likeness (QED) is 0.724. The second-order valence-electron chi connectivity index (χ2n) is 3.47. The summed E-state index contributed by atoms with van der Waals surface area (Å²) in [4.78, 5) is 8.00. The van der Waals surface area contributed by atoms with Gasteiger partial charge in [0.1, 0.15) is 12.4 Å². The fraction of sp³-hybridized carbons (Fsp3) is 0.556. The highest BCUT2D eigenvalue weighted by Gasteiger charge is 2.27. The summed E-state index contributed by atoms with van der Waals surface area (Å²) in [6.45, 7) is 1.92. The van der Waals surface area contributed by atoms with Crippen LogP contribution >= 0.6 is 0 Å². The number of hydrogen-bond acceptors (Lipinski definition) is 4. The lowest BCUT2D eigenvalue weighted by atomic mass is 9.90. The van der Waals surface area contributed by atoms with Crippen LogP contribution in [0.3, 0.4) is 0 Å². The molecule has 2 rings (SSSR count). The lowest BCUT2D eigenvalue weighted by Gasteiger charge is -2.31. The Hall–Kier alpha value is -1.16. The maximum absolute atomic E-state index is 5.64. The summed E-state index contributed by atoms with van der Waals surface area (Å²) in [5, 5.41) is 0. The summed E-state index contributed by atoms with van der Waals surface area (Å²) in [5.41, 5.74) is 6.56. The molecule has 0 bridgehead atoms. The normalized spacial score (nSPS) is 26.6. The third-order valence-corrected chi connectivity index (χ3v) is 2.20. The van der Waals surface area contributed by atoms with Crippen LogP contribution < -0.4 is 10.5 Å². The van der Waals surface area contributed by atoms with Crippen LogP contribution in [0.5, 0.6) is 5.88 Å². The Balaban J connectivity index is 1.94. The summed E-state index contributed by atoms with van der Waals surface area (Å²) in [6, 6.07) is 2.15. The van der Waals surface area contributed by atoms with E-state index in [1.165, 1.54) is 6.33 Å². The molecular weight excluding hydrogens is 166 g/mol. The molecule has 0 atom stereocenters. The molecule has 1 fully saturated rings. The first kappa shape index (κ1) is 8.44. The second kappa shape index (κ2) is 3.30. The first-order valence-electron chi connectivity index (χ1n) is 4.45. The Morgan fingerprint density at radius 3 is 2.85 bits per heavy atom. The highest BCUT2D eigenvalue weighted by atomic mass is 16.5. The maximum Gasteiger partial charge on any atom is 0.216 e. The van der Waals surface area contributed by atoms with Gasteiger partial charge < -0.3 is 10.5 Å². The number of hydrogen-bond donors (Lipinski definition) is 1. The Kier molecular flexibility index (Phi) is 2.14. The second-order valence-corrected chi connectivity index (χ2v) is 3.47. The summed E-state index contributed by atoms with van der Waals surface area (Å²) < 4.78 is 5.57. The molecule has 0 aromatic carbocycles. The van der Waals surface area contributed by atoms with Gasteiger partial charge in [0.15, 0.2) is 0 Å². The van der Waals surface area contributed by atoms with E-state index in [1.807, 2.05) is 13.0 Å². The SMILES string of the molecule is Cc1cc(OC2CC(N)C2)ncn1. The average molecular weight is 179 g/mol. The van der Waals surface area contributed by atoms with Crippen molar-refractivity contribution in [1.29, 1.82) is 0 Å². The molecular formula is C9H13N3O. The van der Waals surface area contributed by atoms with E-state index in [4.69, 9.17) is 10.5 Å². The smallest absolute Gasteiger partial charge is 0.216 e. The van der Waals surface area contributed by atoms with Crippen LogP contribution in [-0.4, -0.2) is 22.1 Å². The van der Waals surface area contributed by atoms with Crippen molar-refractivity contribution in [1.82, 2.24) is 9.97 Å². The first-order valence-corrected chi connectivity index (χ1v) is 4.45. The minimum Gasteiger partial charge on any atom is -0.474 e. The molecule has 1 aliphatic rings. The fourth-order valence-electron chi connectivity index (χ4n) is 1.37. The molecule has 0 saturated heterocycles. The van der Waals surface area contributed by atoms with E-state index in [1.54, 1.807) is 0 Å². The van der Waals surface area contributed by atoms with Gasteiger partial charge in [-0.2, -0.15) is 0 Å². The van der Waals surface area contributed by atoms with Crippen molar-refractivity contribution in [3.05, 3.63) is 18.1 Å². The van der Waals surface area contributed by atoms with Crippen molar-refractivity contribution in [2.45, 2.75) is 31.9 Å². The molecule has 0 aliphatic heterocycles. The Morgan fingerprint density at radius 2 is 2.23 bits per heavy atom. The van der Waals surface area contributed by atoms with Crippen molar-refractivity contribution in [3.63, 3.8) is 0 Å². The van der Waals surface area contributed by atoms with Crippen LogP contribution in [0.25, 0.3) is 0 Å². The highest BCUT2D eigenvalue weighted by molar-refractivity contribution is 5.12. The van der Waals surface area contributed by atoms with Crippen LogP contribution in [0.15, 0.2) is 12.4 Å². The molecule has 1 saturated carbocycles. The number of aromatic nitrogens is 2. The predicted octanol–water partition coefficient (Wildman–Crippen LogP) is 0.654. The van der Waals surface area contributed by atoms with Gasteiger partial charge in [0, 0.05) is 17.8 Å². The standard InChI is InChI=1S/C9H13N3O/c1-6-2-9(12-5-11-6)13-8-3-7(10)4-8/h2,5,7-8H,3-4,10H2,1H3. The van der Waals surface area contributed by atoms with Crippen LogP contribution in [-0.2, 0) is 0 Å². The molecule has 1 heterocycles. The van der Waals surface area contributed by atoms with E-state index >= 15 is 0 Å². The molecule has 0 amide bonds. The van der Waals surface area contributed by atoms with Crippen molar-refractivity contribution in [2.24, 2.45) is 5.73 Å². The molecule has 0 spiro atoms. The number of rotatable bonds is 2. The van der Waals surface area contributed by atoms with E-state index in [2.05, 4.69) is 9.97 Å². The van der Waals surface area contributed by atoms with E-state index in [9.17, 15) is 0 Å². The number of nitrogens with two attached hydrogens (primary N) is 1. The van der Waals surface area contributed by atoms with E-state index < -0.39 is 0 Å². The molecule has 0 radical (unpaired) electrons. The Labute approximate surface area is 77.1 Å². The maximum atomic E-state index is 5.64. The van der Waals surface area contributed by atoms with Gasteiger partial charge in [-0.1, -0.05) is 0 Å². The largest absolute Gasteiger partial charge is 0.474 e. The van der Waals surface area contributed by atoms with E-state index in [0.717, 1.165) is 18.5 Å². The summed E-state index contributed by atoms with van der Waals surface area (Å²) in [5.74, 6) is 0.657. The monoisotopic (exact) mass is 179 g/mol. The van der Waals surface area contributed by atoms with Gasteiger partial charge in [-0.15, -0.1) is 0 Å². The minimum atomic E-state index is 0.254. The molecule has 70 valence electrons. The molecule has 13 heavy (non-hydrogen) atoms. The predicted molar refractivity (Wildman–Crippen MR) is 48.4 cm³/mol. The first-order chi connectivity index (χ1) is 6.24. The van der Waals surface area contributed by atoms with Crippen LogP contribution in [0, 0.1) is 6.92 Å². The van der Waals surface area contributed by atoms with Crippen molar-refractivity contribution in [3.8, 4) is 5.88 Å². The van der Waals surface area contributed by atoms with Gasteiger partial charge in [-0.3, -0.25) is 0 Å². The number of ether oxygens (including phenoxy) is 1. The minimum absolute atomic E-state index is 0.254. The fourth-order valence-corrected chi connectivity index (χ4v) is 1.37. The van der Waals surface area contributed by atoms with E-state index in [-0.39, 0.29) is 6.10 Å². The third-order valence-electron chi connectivity index (χ3n) is 2.20. The number of nitrogens with zero attached hydrogens (tertiary/aromatic N) is 2. The van der Waals surface area contributed by atoms with Gasteiger partial charge in [-0.25, -0.2) is 9.97 Å². The molecule has 4 heteroatoms. The summed E-state index contributed by atoms with van der Waals surface area (Å²) in [7, 11) is 0. The third kappa shape index (κ3) is 1.95. The molecule has 1 aliphatic carbocycles. The molecule has 2 N–H and O–H groups in total. The zero-order valence-corrected chi connectivity index (χ0v) is 7.60. The average Bonchev–Trinajstić information content (AvgIpc) is 2.01. The Bertz CT molecular complexity index is 297. The molecule has 1 aromatic heterocycles. The van der Waals surface area contributed by atoms with Gasteiger partial charge in [-0.05, 0) is 19.8 Å². The Morgan fingerprint density at radius 1 is 1.46 bits per heavy atom. The zero-order valence-electron chi connectivity index (χ0n) is 7.60.